The Morgan fingerprint density at radius 3 is 1.74 bits per heavy atom. The van der Waals surface area contributed by atoms with Gasteiger partial charge in [0, 0.05) is 53.9 Å². The SMILES string of the molecule is C[O+]=C1c2cccc(C#CC3C=C(C)C(=C=c4c5ccccc5c(=C5C=CCC=C5)c5ccccc45)C(C)=C3)c2C=c2c1cccc2=C=C=c1cc(C)c(=C=C2c3ccccc3[C+](c3ccccc3)c3ccccc32)c(C)c1. The number of carbonyl (C=O) groups excluding carboxylic acids is 1. The Morgan fingerprint density at radius 2 is 1.09 bits per heavy atom. The summed E-state index contributed by atoms with van der Waals surface area (Å²) in [6, 6.07) is 62.8. The Kier molecular flexibility index (Phi) is 12.3. The second-order valence-electron chi connectivity index (χ2n) is 20.6. The van der Waals surface area contributed by atoms with Crippen LogP contribution in [0.25, 0.3) is 61.7 Å². The van der Waals surface area contributed by atoms with Crippen LogP contribution in [0.4, 0.5) is 0 Å². The van der Waals surface area contributed by atoms with E-state index in [0.29, 0.717) is 0 Å². The third kappa shape index (κ3) is 8.47. The van der Waals surface area contributed by atoms with Crippen molar-refractivity contribution in [3.8, 4) is 11.8 Å². The van der Waals surface area contributed by atoms with Crippen LogP contribution in [0, 0.1) is 37.5 Å². The molecule has 0 aromatic heterocycles. The van der Waals surface area contributed by atoms with Crippen LogP contribution < -0.4 is 31.3 Å². The maximum absolute atomic E-state index is 6.22. The highest BCUT2D eigenvalue weighted by Gasteiger charge is 2.35. The highest BCUT2D eigenvalue weighted by atomic mass is 16.4. The number of rotatable bonds is 1. The van der Waals surface area contributed by atoms with Crippen LogP contribution in [0.3, 0.4) is 0 Å². The number of hydrogen-bond donors (Lipinski definition) is 0. The van der Waals surface area contributed by atoms with Crippen molar-refractivity contribution in [2.24, 2.45) is 5.92 Å². The lowest BCUT2D eigenvalue weighted by molar-refractivity contribution is -0.222. The van der Waals surface area contributed by atoms with E-state index in [9.17, 15) is 0 Å². The summed E-state index contributed by atoms with van der Waals surface area (Å²) in [7, 11) is 1.75. The second kappa shape index (κ2) is 20.0. The summed E-state index contributed by atoms with van der Waals surface area (Å²) in [6.45, 7) is 8.74. The normalized spacial score (nSPS) is 15.3. The monoisotopic (exact) mass is 994 g/mol. The zero-order chi connectivity index (χ0) is 52.9. The number of ketones is 1. The Hall–Kier alpha value is -9.84. The summed E-state index contributed by atoms with van der Waals surface area (Å²) in [4.78, 5) is 0. The molecule has 0 heterocycles. The molecule has 366 valence electrons. The minimum Gasteiger partial charge on any atom is -0.257 e. The Balaban J connectivity index is 0.902. The van der Waals surface area contributed by atoms with Gasteiger partial charge in [0.05, 0.1) is 45.2 Å². The average Bonchev–Trinajstić information content (AvgIpc) is 3.67. The number of aryl methyl sites for hydroxylation is 2. The smallest absolute Gasteiger partial charge is 0.257 e. The fraction of sp³-hybridized carbons (Fsp3) is 0.0909. The highest BCUT2D eigenvalue weighted by Crippen LogP contribution is 2.45. The molecule has 1 heteroatoms. The van der Waals surface area contributed by atoms with E-state index < -0.39 is 0 Å². The third-order valence-corrected chi connectivity index (χ3v) is 15.7. The molecule has 78 heavy (non-hydrogen) atoms. The molecule has 13 rings (SSSR count). The molecular formula is C77H54O+2. The van der Waals surface area contributed by atoms with Gasteiger partial charge < -0.3 is 0 Å². The fourth-order valence-electron chi connectivity index (χ4n) is 12.1. The van der Waals surface area contributed by atoms with Gasteiger partial charge in [-0.1, -0.05) is 144 Å². The van der Waals surface area contributed by atoms with Gasteiger partial charge in [-0.05, 0) is 192 Å². The summed E-state index contributed by atoms with van der Waals surface area (Å²) in [5.41, 5.74) is 33.2. The minimum atomic E-state index is -0.0703. The predicted octanol–water partition coefficient (Wildman–Crippen LogP) is 12.6. The molecule has 0 bridgehead atoms. The highest BCUT2D eigenvalue weighted by molar-refractivity contribution is 6.14. The first-order valence-corrected chi connectivity index (χ1v) is 26.9. The van der Waals surface area contributed by atoms with Gasteiger partial charge in [0.25, 0.3) is 7.11 Å². The third-order valence-electron chi connectivity index (χ3n) is 15.7. The standard InChI is InChI=1S/C77H54O/c1-49-42-53(43-50(2)69(49)46-73-59-28-12-16-32-63(59)75(57-22-8-6-9-23-57)64-33-17-13-29-60(64)73)38-40-55-26-20-36-67-71(55)48-72-56(27-21-37-68(72)77(67)78-5)41-39-54-44-51(3)70(52(4)45-54)47-74-61-30-14-18-34-65(61)76(58-24-10-7-11-25-58)66-35-19-15-31-62(66)74/h6,8-37,42-45,48,54H,7H2,1-5H3/q+2. The molecule has 0 aliphatic heterocycles. The van der Waals surface area contributed by atoms with Crippen LogP contribution in [0.15, 0.2) is 229 Å². The lowest BCUT2D eigenvalue weighted by Gasteiger charge is -2.24. The molecule has 0 radical (unpaired) electrons. The molecule has 0 spiro atoms. The number of hydrogen-bond acceptors (Lipinski definition) is 0. The van der Waals surface area contributed by atoms with Crippen molar-refractivity contribution in [3.05, 3.63) is 328 Å². The molecule has 4 aliphatic carbocycles. The molecule has 0 saturated heterocycles. The van der Waals surface area contributed by atoms with Gasteiger partial charge in [0.2, 0.25) is 0 Å². The van der Waals surface area contributed by atoms with Gasteiger partial charge in [-0.25, -0.2) is 0 Å². The topological polar surface area (TPSA) is 11.3 Å². The van der Waals surface area contributed by atoms with Crippen molar-refractivity contribution < 1.29 is 4.42 Å². The van der Waals surface area contributed by atoms with Crippen molar-refractivity contribution in [1.29, 1.82) is 0 Å². The molecule has 0 amide bonds. The van der Waals surface area contributed by atoms with E-state index in [2.05, 4.69) is 281 Å². The number of fused-ring (bicyclic) bond motifs is 6. The van der Waals surface area contributed by atoms with E-state index in [1.54, 1.807) is 7.11 Å². The lowest BCUT2D eigenvalue weighted by Crippen LogP contribution is -2.34. The molecule has 4 aliphatic rings. The minimum absolute atomic E-state index is 0.0703. The van der Waals surface area contributed by atoms with Crippen LogP contribution in [-0.2, 0) is 0 Å². The predicted molar refractivity (Wildman–Crippen MR) is 325 cm³/mol. The lowest BCUT2D eigenvalue weighted by atomic mass is 9.73. The quantitative estimate of drug-likeness (QED) is 0.0672. The molecule has 1 nitrogen and oxygen atoms in total. The maximum atomic E-state index is 6.22. The van der Waals surface area contributed by atoms with Crippen molar-refractivity contribution in [3.63, 3.8) is 0 Å². The van der Waals surface area contributed by atoms with Crippen molar-refractivity contribution >= 4 is 67.5 Å². The van der Waals surface area contributed by atoms with E-state index in [-0.39, 0.29) is 5.92 Å². The van der Waals surface area contributed by atoms with E-state index in [1.807, 2.05) is 0 Å². The van der Waals surface area contributed by atoms with Gasteiger partial charge in [-0.3, -0.25) is 4.42 Å². The number of allylic oxidation sites excluding steroid dienone is 9. The molecule has 0 unspecified atom stereocenters. The molecule has 0 fully saturated rings. The van der Waals surface area contributed by atoms with Crippen LogP contribution in [0.1, 0.15) is 85.9 Å². The first-order chi connectivity index (χ1) is 38.3. The summed E-state index contributed by atoms with van der Waals surface area (Å²) >= 11 is 0. The Labute approximate surface area is 455 Å². The molecule has 9 aromatic carbocycles. The second-order valence-corrected chi connectivity index (χ2v) is 20.6. The summed E-state index contributed by atoms with van der Waals surface area (Å²) in [5, 5.41) is 11.3. The summed E-state index contributed by atoms with van der Waals surface area (Å²) in [5.74, 6) is 9.28. The van der Waals surface area contributed by atoms with Gasteiger partial charge in [0.1, 0.15) is 0 Å². The van der Waals surface area contributed by atoms with Crippen molar-refractivity contribution in [2.45, 2.75) is 34.1 Å². The molecule has 0 saturated carbocycles. The average molecular weight is 995 g/mol. The zero-order valence-electron chi connectivity index (χ0n) is 44.5. The fourth-order valence-corrected chi connectivity index (χ4v) is 12.1. The first-order valence-electron chi connectivity index (χ1n) is 26.9. The molecule has 9 aromatic rings. The van der Waals surface area contributed by atoms with E-state index in [1.165, 1.54) is 77.2 Å². The van der Waals surface area contributed by atoms with Crippen molar-refractivity contribution in [2.75, 3.05) is 7.11 Å². The molecule has 0 N–H and O–H groups in total. The van der Waals surface area contributed by atoms with Crippen LogP contribution in [0.2, 0.25) is 0 Å². The van der Waals surface area contributed by atoms with Crippen LogP contribution in [0.5, 0.6) is 0 Å². The molecule has 0 atom stereocenters. The van der Waals surface area contributed by atoms with Gasteiger partial charge in [-0.15, -0.1) is 5.73 Å². The van der Waals surface area contributed by atoms with E-state index >= 15 is 0 Å². The first kappa shape index (κ1) is 47.8. The largest absolute Gasteiger partial charge is 0.358 e. The summed E-state index contributed by atoms with van der Waals surface area (Å²) in [6.07, 6.45) is 16.8. The van der Waals surface area contributed by atoms with E-state index in [0.717, 1.165) is 82.8 Å². The Morgan fingerprint density at radius 1 is 0.526 bits per heavy atom. The van der Waals surface area contributed by atoms with Crippen LogP contribution >= 0.6 is 0 Å². The van der Waals surface area contributed by atoms with E-state index in [4.69, 9.17) is 4.42 Å². The maximum Gasteiger partial charge on any atom is 0.358 e. The summed E-state index contributed by atoms with van der Waals surface area (Å²) < 4.78 is 6.22. The molecular weight excluding hydrogens is 941 g/mol. The zero-order valence-corrected chi connectivity index (χ0v) is 44.5. The van der Waals surface area contributed by atoms with Gasteiger partial charge >= 0.3 is 5.78 Å². The number of benzene rings is 9. The van der Waals surface area contributed by atoms with Gasteiger partial charge in [0.15, 0.2) is 0 Å². The Bertz CT molecular complexity index is 4680. The van der Waals surface area contributed by atoms with Gasteiger partial charge in [-0.2, -0.15) is 0 Å². The van der Waals surface area contributed by atoms with Crippen LogP contribution in [-0.4, -0.2) is 12.9 Å². The van der Waals surface area contributed by atoms with Crippen molar-refractivity contribution in [1.82, 2.24) is 0 Å².